The third-order valence-corrected chi connectivity index (χ3v) is 4.55. The smallest absolute Gasteiger partial charge is 0.0774 e. The van der Waals surface area contributed by atoms with E-state index in [2.05, 4.69) is 17.1 Å². The molecule has 1 heterocycles. The highest BCUT2D eigenvalue weighted by atomic mass is 16.3. The van der Waals surface area contributed by atoms with E-state index in [-0.39, 0.29) is 0 Å². The van der Waals surface area contributed by atoms with Crippen molar-refractivity contribution in [1.82, 2.24) is 10.2 Å². The summed E-state index contributed by atoms with van der Waals surface area (Å²) in [6.07, 6.45) is 8.41. The molecule has 0 aromatic heterocycles. The Labute approximate surface area is 112 Å². The number of nitrogens with zero attached hydrogens (tertiary/aromatic N) is 1. The maximum atomic E-state index is 10.5. The van der Waals surface area contributed by atoms with E-state index >= 15 is 0 Å². The van der Waals surface area contributed by atoms with Crippen LogP contribution in [0, 0.1) is 5.92 Å². The quantitative estimate of drug-likeness (QED) is 0.712. The molecule has 2 fully saturated rings. The van der Waals surface area contributed by atoms with Gasteiger partial charge in [0.15, 0.2) is 0 Å². The van der Waals surface area contributed by atoms with Gasteiger partial charge < -0.3 is 15.3 Å². The van der Waals surface area contributed by atoms with Crippen molar-refractivity contribution in [3.05, 3.63) is 0 Å². The van der Waals surface area contributed by atoms with Gasteiger partial charge in [-0.1, -0.05) is 19.8 Å². The number of aliphatic hydroxyl groups is 1. The highest BCUT2D eigenvalue weighted by molar-refractivity contribution is 4.86. The molecule has 3 heteroatoms. The largest absolute Gasteiger partial charge is 0.389 e. The van der Waals surface area contributed by atoms with E-state index in [9.17, 15) is 5.11 Å². The zero-order valence-electron chi connectivity index (χ0n) is 12.0. The van der Waals surface area contributed by atoms with Crippen molar-refractivity contribution in [2.24, 2.45) is 5.92 Å². The Kier molecular flexibility index (Phi) is 5.46. The van der Waals surface area contributed by atoms with Gasteiger partial charge in [0, 0.05) is 6.54 Å². The third kappa shape index (κ3) is 4.52. The lowest BCUT2D eigenvalue weighted by atomic mass is 9.79. The molecule has 1 aliphatic heterocycles. The van der Waals surface area contributed by atoms with Crippen LogP contribution in [0.2, 0.25) is 0 Å². The van der Waals surface area contributed by atoms with E-state index in [1.807, 2.05) is 0 Å². The first-order chi connectivity index (χ1) is 8.68. The van der Waals surface area contributed by atoms with Crippen molar-refractivity contribution >= 4 is 0 Å². The normalized spacial score (nSPS) is 34.0. The zero-order valence-corrected chi connectivity index (χ0v) is 12.0. The molecule has 0 radical (unpaired) electrons. The third-order valence-electron chi connectivity index (χ3n) is 4.55. The van der Waals surface area contributed by atoms with Crippen molar-refractivity contribution in [2.45, 2.75) is 57.5 Å². The molecular weight excluding hydrogens is 224 g/mol. The van der Waals surface area contributed by atoms with Gasteiger partial charge in [-0.3, -0.25) is 0 Å². The Morgan fingerprint density at radius 2 is 2.06 bits per heavy atom. The first kappa shape index (κ1) is 14.3. The van der Waals surface area contributed by atoms with E-state index in [4.69, 9.17) is 0 Å². The van der Waals surface area contributed by atoms with Crippen LogP contribution in [0.4, 0.5) is 0 Å². The lowest BCUT2D eigenvalue weighted by Crippen LogP contribution is -2.44. The van der Waals surface area contributed by atoms with E-state index in [0.717, 1.165) is 25.9 Å². The number of nitrogens with one attached hydrogen (secondary N) is 1. The summed E-state index contributed by atoms with van der Waals surface area (Å²) in [5, 5.41) is 13.9. The molecule has 18 heavy (non-hydrogen) atoms. The molecule has 3 nitrogen and oxygen atoms in total. The molecule has 0 aromatic rings. The van der Waals surface area contributed by atoms with Crippen LogP contribution in [0.1, 0.15) is 51.9 Å². The van der Waals surface area contributed by atoms with Gasteiger partial charge >= 0.3 is 0 Å². The first-order valence-electron chi connectivity index (χ1n) is 7.83. The molecule has 1 saturated heterocycles. The minimum Gasteiger partial charge on any atom is -0.389 e. The Bertz CT molecular complexity index is 241. The van der Waals surface area contributed by atoms with Gasteiger partial charge in [0.25, 0.3) is 0 Å². The minimum atomic E-state index is -0.425. The minimum absolute atomic E-state index is 0.425. The van der Waals surface area contributed by atoms with Gasteiger partial charge in [-0.15, -0.1) is 0 Å². The predicted molar refractivity (Wildman–Crippen MR) is 75.7 cm³/mol. The molecule has 0 spiro atoms. The zero-order chi connectivity index (χ0) is 12.8. The fourth-order valence-electron chi connectivity index (χ4n) is 3.55. The molecule has 106 valence electrons. The second kappa shape index (κ2) is 6.88. The molecule has 2 rings (SSSR count). The number of rotatable bonds is 6. The predicted octanol–water partition coefficient (Wildman–Crippen LogP) is 2.00. The Hall–Kier alpha value is -0.120. The lowest BCUT2D eigenvalue weighted by molar-refractivity contribution is -0.0116. The van der Waals surface area contributed by atoms with Crippen molar-refractivity contribution < 1.29 is 5.11 Å². The summed E-state index contributed by atoms with van der Waals surface area (Å²) >= 11 is 0. The van der Waals surface area contributed by atoms with Crippen LogP contribution in [0.5, 0.6) is 0 Å². The molecular formula is C15H30N2O. The van der Waals surface area contributed by atoms with Crippen LogP contribution < -0.4 is 5.32 Å². The summed E-state index contributed by atoms with van der Waals surface area (Å²) in [4.78, 5) is 2.55. The molecule has 0 bridgehead atoms. The van der Waals surface area contributed by atoms with Gasteiger partial charge in [-0.2, -0.15) is 0 Å². The van der Waals surface area contributed by atoms with Crippen LogP contribution in [0.25, 0.3) is 0 Å². The maximum Gasteiger partial charge on any atom is 0.0774 e. The highest BCUT2D eigenvalue weighted by Crippen LogP contribution is 2.31. The van der Waals surface area contributed by atoms with Gasteiger partial charge in [-0.25, -0.2) is 0 Å². The first-order valence-corrected chi connectivity index (χ1v) is 7.83. The Morgan fingerprint density at radius 3 is 2.78 bits per heavy atom. The molecule has 1 saturated carbocycles. The second-order valence-corrected chi connectivity index (χ2v) is 6.50. The van der Waals surface area contributed by atoms with Gasteiger partial charge in [0.05, 0.1) is 5.60 Å². The summed E-state index contributed by atoms with van der Waals surface area (Å²) in [6.45, 7) is 7.91. The van der Waals surface area contributed by atoms with E-state index in [1.165, 1.54) is 51.7 Å². The Morgan fingerprint density at radius 1 is 1.28 bits per heavy atom. The monoisotopic (exact) mass is 254 g/mol. The average Bonchev–Trinajstić information content (AvgIpc) is 2.81. The van der Waals surface area contributed by atoms with Crippen molar-refractivity contribution in [3.8, 4) is 0 Å². The average molecular weight is 254 g/mol. The molecule has 0 aromatic carbocycles. The van der Waals surface area contributed by atoms with Gasteiger partial charge in [0.1, 0.15) is 0 Å². The van der Waals surface area contributed by atoms with Crippen molar-refractivity contribution in [3.63, 3.8) is 0 Å². The molecule has 2 aliphatic rings. The molecule has 2 unspecified atom stereocenters. The fraction of sp³-hybridized carbons (Fsp3) is 1.00. The van der Waals surface area contributed by atoms with E-state index < -0.39 is 5.60 Å². The van der Waals surface area contributed by atoms with Crippen molar-refractivity contribution in [2.75, 3.05) is 32.7 Å². The summed E-state index contributed by atoms with van der Waals surface area (Å²) in [7, 11) is 0. The van der Waals surface area contributed by atoms with Crippen LogP contribution >= 0.6 is 0 Å². The van der Waals surface area contributed by atoms with Gasteiger partial charge in [0.2, 0.25) is 0 Å². The van der Waals surface area contributed by atoms with Crippen LogP contribution in [-0.4, -0.2) is 48.3 Å². The SMILES string of the molecule is CC1CCCC(O)(CNCCCN2CCCC2)C1. The summed E-state index contributed by atoms with van der Waals surface area (Å²) in [5.41, 5.74) is -0.425. The molecule has 2 atom stereocenters. The summed E-state index contributed by atoms with van der Waals surface area (Å²) < 4.78 is 0. The topological polar surface area (TPSA) is 35.5 Å². The number of hydrogen-bond donors (Lipinski definition) is 2. The lowest BCUT2D eigenvalue weighted by Gasteiger charge is -2.35. The maximum absolute atomic E-state index is 10.5. The second-order valence-electron chi connectivity index (χ2n) is 6.50. The van der Waals surface area contributed by atoms with E-state index in [1.54, 1.807) is 0 Å². The Balaban J connectivity index is 1.54. The van der Waals surface area contributed by atoms with Crippen LogP contribution in [0.3, 0.4) is 0 Å². The van der Waals surface area contributed by atoms with E-state index in [0.29, 0.717) is 5.92 Å². The summed E-state index contributed by atoms with van der Waals surface area (Å²) in [5.74, 6) is 0.690. The van der Waals surface area contributed by atoms with Gasteiger partial charge in [-0.05, 0) is 64.2 Å². The molecule has 0 amide bonds. The van der Waals surface area contributed by atoms with Crippen LogP contribution in [0.15, 0.2) is 0 Å². The standard InChI is InChI=1S/C15H30N2O/c1-14-6-4-7-15(18,12-14)13-16-8-5-11-17-9-2-3-10-17/h14,16,18H,2-13H2,1H3. The van der Waals surface area contributed by atoms with Crippen molar-refractivity contribution in [1.29, 1.82) is 0 Å². The summed E-state index contributed by atoms with van der Waals surface area (Å²) in [6, 6.07) is 0. The number of hydrogen-bond acceptors (Lipinski definition) is 3. The number of likely N-dealkylation sites (tertiary alicyclic amines) is 1. The molecule has 1 aliphatic carbocycles. The molecule has 2 N–H and O–H groups in total. The fourth-order valence-corrected chi connectivity index (χ4v) is 3.55. The van der Waals surface area contributed by atoms with Crippen LogP contribution in [-0.2, 0) is 0 Å². The highest BCUT2D eigenvalue weighted by Gasteiger charge is 2.31.